The molecule has 0 radical (unpaired) electrons. The molecule has 0 aliphatic carbocycles. The summed E-state index contributed by atoms with van der Waals surface area (Å²) in [6, 6.07) is 4.75. The lowest BCUT2D eigenvalue weighted by Gasteiger charge is -2.29. The summed E-state index contributed by atoms with van der Waals surface area (Å²) in [6.07, 6.45) is 4.02. The molecule has 11 heteroatoms. The molecule has 3 aromatic rings. The third-order valence-corrected chi connectivity index (χ3v) is 6.16. The molecular formula is C19H16N6O4S. The Bertz CT molecular complexity index is 1190. The topological polar surface area (TPSA) is 119 Å². The van der Waals surface area contributed by atoms with Crippen molar-refractivity contribution in [1.29, 1.82) is 0 Å². The largest absolute Gasteiger partial charge is 0.473 e. The van der Waals surface area contributed by atoms with Crippen LogP contribution in [0.25, 0.3) is 16.3 Å². The van der Waals surface area contributed by atoms with Crippen LogP contribution in [-0.4, -0.2) is 55.8 Å². The smallest absolute Gasteiger partial charge is 0.273 e. The molecule has 0 saturated carbocycles. The first-order chi connectivity index (χ1) is 14.5. The number of methoxy groups -OCH3 is 1. The van der Waals surface area contributed by atoms with E-state index < -0.39 is 11.9 Å². The average Bonchev–Trinajstić information content (AvgIpc) is 3.46. The lowest BCUT2D eigenvalue weighted by Crippen LogP contribution is -2.52. The van der Waals surface area contributed by atoms with Crippen molar-refractivity contribution in [2.24, 2.45) is 0 Å². The minimum absolute atomic E-state index is 0.206. The first kappa shape index (κ1) is 18.4. The van der Waals surface area contributed by atoms with E-state index in [4.69, 9.17) is 4.74 Å². The number of piperidine rings is 1. The molecule has 4 heterocycles. The van der Waals surface area contributed by atoms with Crippen LogP contribution in [0, 0.1) is 0 Å². The van der Waals surface area contributed by atoms with Gasteiger partial charge in [0.15, 0.2) is 0 Å². The van der Waals surface area contributed by atoms with Crippen LogP contribution in [0.5, 0.6) is 5.19 Å². The Morgan fingerprint density at radius 3 is 2.90 bits per heavy atom. The summed E-state index contributed by atoms with van der Waals surface area (Å²) in [5.74, 6) is -0.932. The van der Waals surface area contributed by atoms with E-state index in [0.29, 0.717) is 29.4 Å². The van der Waals surface area contributed by atoms with E-state index in [-0.39, 0.29) is 18.2 Å². The van der Waals surface area contributed by atoms with E-state index in [0.717, 1.165) is 16.1 Å². The van der Waals surface area contributed by atoms with Crippen LogP contribution in [0.2, 0.25) is 0 Å². The summed E-state index contributed by atoms with van der Waals surface area (Å²) < 4.78 is 6.74. The van der Waals surface area contributed by atoms with Crippen LogP contribution >= 0.6 is 11.3 Å². The summed E-state index contributed by atoms with van der Waals surface area (Å²) in [5, 5.41) is 11.2. The number of hydrogen-bond acceptors (Lipinski definition) is 8. The fourth-order valence-corrected chi connectivity index (χ4v) is 4.36. The molecule has 152 valence electrons. The zero-order valence-electron chi connectivity index (χ0n) is 15.9. The van der Waals surface area contributed by atoms with Crippen molar-refractivity contribution < 1.29 is 19.1 Å². The highest BCUT2D eigenvalue weighted by atomic mass is 32.1. The quantitative estimate of drug-likeness (QED) is 0.624. The molecule has 1 N–H and O–H groups in total. The summed E-state index contributed by atoms with van der Waals surface area (Å²) in [6.45, 7) is 0.307. The molecule has 3 amide bonds. The van der Waals surface area contributed by atoms with E-state index in [1.165, 1.54) is 16.2 Å². The van der Waals surface area contributed by atoms with Crippen molar-refractivity contribution in [3.05, 3.63) is 41.7 Å². The predicted molar refractivity (Wildman–Crippen MR) is 105 cm³/mol. The number of nitrogens with one attached hydrogen (secondary N) is 1. The van der Waals surface area contributed by atoms with E-state index >= 15 is 0 Å². The van der Waals surface area contributed by atoms with Crippen molar-refractivity contribution in [1.82, 2.24) is 30.2 Å². The normalized spacial score (nSPS) is 18.5. The first-order valence-electron chi connectivity index (χ1n) is 9.24. The van der Waals surface area contributed by atoms with Gasteiger partial charge in [-0.3, -0.25) is 19.7 Å². The van der Waals surface area contributed by atoms with Gasteiger partial charge in [0.25, 0.3) is 11.1 Å². The van der Waals surface area contributed by atoms with Gasteiger partial charge in [0.1, 0.15) is 11.7 Å². The number of hydrogen-bond donors (Lipinski definition) is 1. The Balaban J connectivity index is 1.39. The van der Waals surface area contributed by atoms with Crippen molar-refractivity contribution in [2.75, 3.05) is 7.11 Å². The number of benzene rings is 1. The molecular weight excluding hydrogens is 408 g/mol. The average molecular weight is 424 g/mol. The molecule has 1 unspecified atom stereocenters. The monoisotopic (exact) mass is 424 g/mol. The van der Waals surface area contributed by atoms with Crippen LogP contribution in [0.4, 0.5) is 0 Å². The van der Waals surface area contributed by atoms with Crippen molar-refractivity contribution >= 4 is 29.1 Å². The Labute approximate surface area is 174 Å². The molecule has 1 aromatic carbocycles. The molecule has 1 saturated heterocycles. The number of nitrogens with zero attached hydrogens (tertiary/aromatic N) is 5. The van der Waals surface area contributed by atoms with Crippen LogP contribution < -0.4 is 10.1 Å². The van der Waals surface area contributed by atoms with Gasteiger partial charge >= 0.3 is 0 Å². The number of aromatic nitrogens is 4. The summed E-state index contributed by atoms with van der Waals surface area (Å²) in [4.78, 5) is 42.9. The van der Waals surface area contributed by atoms with Gasteiger partial charge in [0.05, 0.1) is 30.1 Å². The Morgan fingerprint density at radius 2 is 2.13 bits per heavy atom. The van der Waals surface area contributed by atoms with Crippen molar-refractivity contribution in [3.63, 3.8) is 0 Å². The van der Waals surface area contributed by atoms with Gasteiger partial charge in [-0.15, -0.1) is 5.10 Å². The van der Waals surface area contributed by atoms with Gasteiger partial charge in [-0.2, -0.15) is 0 Å². The fourth-order valence-electron chi connectivity index (χ4n) is 3.68. The zero-order valence-corrected chi connectivity index (χ0v) is 16.7. The van der Waals surface area contributed by atoms with E-state index in [2.05, 4.69) is 20.6 Å². The van der Waals surface area contributed by atoms with Gasteiger partial charge < -0.3 is 9.64 Å². The minimum atomic E-state index is -0.634. The molecule has 1 fully saturated rings. The number of ether oxygens (including phenoxy) is 1. The van der Waals surface area contributed by atoms with E-state index in [1.54, 1.807) is 36.3 Å². The minimum Gasteiger partial charge on any atom is -0.473 e. The van der Waals surface area contributed by atoms with Crippen LogP contribution in [0.1, 0.15) is 28.8 Å². The predicted octanol–water partition coefficient (Wildman–Crippen LogP) is 1.16. The SMILES string of the molecule is COc1ncc(-c2cn(-c3ccc4c(c3)CN(C3CCC(=O)NC3=O)C4=O)nn2)s1. The maximum atomic E-state index is 12.8. The zero-order chi connectivity index (χ0) is 20.8. The van der Waals surface area contributed by atoms with Gasteiger partial charge in [0.2, 0.25) is 11.8 Å². The highest BCUT2D eigenvalue weighted by molar-refractivity contribution is 7.16. The first-order valence-corrected chi connectivity index (χ1v) is 10.1. The Morgan fingerprint density at radius 1 is 1.27 bits per heavy atom. The molecule has 5 rings (SSSR count). The second kappa shape index (κ2) is 7.02. The summed E-state index contributed by atoms with van der Waals surface area (Å²) >= 11 is 1.37. The fraction of sp³-hybridized carbons (Fsp3) is 0.263. The highest BCUT2D eigenvalue weighted by Gasteiger charge is 2.39. The Hall–Kier alpha value is -3.60. The van der Waals surface area contributed by atoms with Gasteiger partial charge in [0, 0.05) is 18.5 Å². The number of rotatable bonds is 4. The molecule has 2 aliphatic heterocycles. The third kappa shape index (κ3) is 3.03. The Kier molecular flexibility index (Phi) is 4.31. The molecule has 1 atom stereocenters. The van der Waals surface area contributed by atoms with Gasteiger partial charge in [-0.25, -0.2) is 9.67 Å². The second-order valence-corrected chi connectivity index (χ2v) is 7.98. The number of amides is 3. The third-order valence-electron chi connectivity index (χ3n) is 5.18. The van der Waals surface area contributed by atoms with Gasteiger partial charge in [-0.05, 0) is 30.2 Å². The molecule has 30 heavy (non-hydrogen) atoms. The summed E-state index contributed by atoms with van der Waals surface area (Å²) in [7, 11) is 1.56. The highest BCUT2D eigenvalue weighted by Crippen LogP contribution is 2.31. The molecule has 0 bridgehead atoms. The van der Waals surface area contributed by atoms with E-state index in [9.17, 15) is 14.4 Å². The number of carbonyl (C=O) groups excluding carboxylic acids is 3. The standard InChI is InChI=1S/C19H16N6O4S/c1-29-19-20-7-15(30-19)13-9-25(23-22-13)11-2-3-12-10(6-11)8-24(18(12)28)14-4-5-16(26)21-17(14)27/h2-3,6-7,9,14H,4-5,8H2,1H3,(H,21,26,27). The molecule has 2 aromatic heterocycles. The molecule has 0 spiro atoms. The van der Waals surface area contributed by atoms with Crippen LogP contribution in [0.15, 0.2) is 30.6 Å². The lowest BCUT2D eigenvalue weighted by molar-refractivity contribution is -0.136. The molecule has 10 nitrogen and oxygen atoms in total. The second-order valence-electron chi connectivity index (χ2n) is 6.98. The lowest BCUT2D eigenvalue weighted by atomic mass is 10.0. The number of fused-ring (bicyclic) bond motifs is 1. The van der Waals surface area contributed by atoms with E-state index in [1.807, 2.05) is 6.07 Å². The number of thiazole rings is 1. The van der Waals surface area contributed by atoms with Crippen LogP contribution in [-0.2, 0) is 16.1 Å². The van der Waals surface area contributed by atoms with Gasteiger partial charge in [-0.1, -0.05) is 16.6 Å². The maximum Gasteiger partial charge on any atom is 0.273 e. The maximum absolute atomic E-state index is 12.8. The van der Waals surface area contributed by atoms with Crippen molar-refractivity contribution in [3.8, 4) is 21.5 Å². The van der Waals surface area contributed by atoms with Crippen molar-refractivity contribution in [2.45, 2.75) is 25.4 Å². The molecule has 2 aliphatic rings. The summed E-state index contributed by atoms with van der Waals surface area (Å²) in [5.41, 5.74) is 2.77. The van der Waals surface area contributed by atoms with Crippen LogP contribution in [0.3, 0.4) is 0 Å². The number of imide groups is 1. The number of carbonyl (C=O) groups is 3.